The number of carbonyl (C=O) groups excluding carboxylic acids is 1. The molecule has 0 spiro atoms. The second kappa shape index (κ2) is 6.17. The molecule has 1 aliphatic carbocycles. The molecule has 1 aliphatic rings. The predicted molar refractivity (Wildman–Crippen MR) is 72.0 cm³/mol. The van der Waals surface area contributed by atoms with Crippen LogP contribution in [0.5, 0.6) is 0 Å². The average Bonchev–Trinajstić information content (AvgIpc) is 3.12. The molecule has 5 heteroatoms. The first-order valence-electron chi connectivity index (χ1n) is 7.27. The molecular weight excluding hydrogens is 242 g/mol. The topological polar surface area (TPSA) is 57.0 Å². The van der Waals surface area contributed by atoms with Gasteiger partial charge in [0.05, 0.1) is 12.3 Å². The Kier molecular flexibility index (Phi) is 4.56. The smallest absolute Gasteiger partial charge is 0.360 e. The van der Waals surface area contributed by atoms with Gasteiger partial charge in [-0.2, -0.15) is 0 Å². The number of nitrogens with zero attached hydrogens (tertiary/aromatic N) is 3. The van der Waals surface area contributed by atoms with E-state index in [-0.39, 0.29) is 5.97 Å². The monoisotopic (exact) mass is 265 g/mol. The van der Waals surface area contributed by atoms with Crippen molar-refractivity contribution >= 4 is 5.97 Å². The zero-order chi connectivity index (χ0) is 13.8. The van der Waals surface area contributed by atoms with Crippen molar-refractivity contribution in [3.8, 4) is 0 Å². The van der Waals surface area contributed by atoms with Crippen molar-refractivity contribution in [2.75, 3.05) is 6.61 Å². The molecule has 1 heterocycles. The van der Waals surface area contributed by atoms with Crippen molar-refractivity contribution in [1.29, 1.82) is 0 Å². The van der Waals surface area contributed by atoms with Crippen molar-refractivity contribution in [2.24, 2.45) is 5.92 Å². The lowest BCUT2D eigenvalue weighted by molar-refractivity contribution is 0.0518. The van der Waals surface area contributed by atoms with E-state index in [1.165, 1.54) is 12.8 Å². The average molecular weight is 265 g/mol. The van der Waals surface area contributed by atoms with Gasteiger partial charge in [0, 0.05) is 12.5 Å². The normalized spacial score (nSPS) is 16.4. The molecule has 0 saturated heterocycles. The fraction of sp³-hybridized carbons (Fsp3) is 0.786. The molecule has 0 bridgehead atoms. The summed E-state index contributed by atoms with van der Waals surface area (Å²) in [6.45, 7) is 7.42. The fourth-order valence-electron chi connectivity index (χ4n) is 2.44. The summed E-state index contributed by atoms with van der Waals surface area (Å²) in [5.74, 6) is 0.668. The summed E-state index contributed by atoms with van der Waals surface area (Å²) >= 11 is 0. The number of esters is 1. The third-order valence-corrected chi connectivity index (χ3v) is 3.47. The van der Waals surface area contributed by atoms with Crippen LogP contribution in [0.15, 0.2) is 0 Å². The van der Waals surface area contributed by atoms with Gasteiger partial charge in [0.25, 0.3) is 0 Å². The van der Waals surface area contributed by atoms with E-state index >= 15 is 0 Å². The van der Waals surface area contributed by atoms with Crippen molar-refractivity contribution in [3.63, 3.8) is 0 Å². The largest absolute Gasteiger partial charge is 0.461 e. The lowest BCUT2D eigenvalue weighted by atomic mass is 10.1. The highest BCUT2D eigenvalue weighted by molar-refractivity contribution is 5.88. The molecule has 1 fully saturated rings. The lowest BCUT2D eigenvalue weighted by Crippen LogP contribution is -2.14. The van der Waals surface area contributed by atoms with Crippen LogP contribution in [0.25, 0.3) is 0 Å². The van der Waals surface area contributed by atoms with Gasteiger partial charge in [-0.15, -0.1) is 5.10 Å². The highest BCUT2D eigenvalue weighted by Crippen LogP contribution is 2.41. The van der Waals surface area contributed by atoms with Gasteiger partial charge in [0.15, 0.2) is 5.69 Å². The highest BCUT2D eigenvalue weighted by atomic mass is 16.5. The number of hydrogen-bond acceptors (Lipinski definition) is 4. The van der Waals surface area contributed by atoms with Crippen molar-refractivity contribution < 1.29 is 9.53 Å². The van der Waals surface area contributed by atoms with Crippen molar-refractivity contribution in [1.82, 2.24) is 15.0 Å². The van der Waals surface area contributed by atoms with Crippen molar-refractivity contribution in [3.05, 3.63) is 11.4 Å². The molecule has 1 unspecified atom stereocenters. The molecule has 1 aromatic rings. The first-order chi connectivity index (χ1) is 9.17. The standard InChI is InChI=1S/C14H23N3O2/c1-4-6-10(3)9-17-13(11-7-8-11)12(15-16-17)14(18)19-5-2/h10-11H,4-9H2,1-3H3. The van der Waals surface area contributed by atoms with E-state index in [2.05, 4.69) is 24.2 Å². The minimum absolute atomic E-state index is 0.334. The van der Waals surface area contributed by atoms with Crippen LogP contribution in [0, 0.1) is 5.92 Å². The molecule has 1 atom stereocenters. The SMILES string of the molecule is CCCC(C)Cn1nnc(C(=O)OCC)c1C1CC1. The Bertz CT molecular complexity index is 438. The second-order valence-corrected chi connectivity index (χ2v) is 5.39. The van der Waals surface area contributed by atoms with Gasteiger partial charge in [-0.3, -0.25) is 0 Å². The number of hydrogen-bond donors (Lipinski definition) is 0. The minimum Gasteiger partial charge on any atom is -0.461 e. The van der Waals surface area contributed by atoms with Crippen LogP contribution in [0.3, 0.4) is 0 Å². The summed E-state index contributed by atoms with van der Waals surface area (Å²) in [5, 5.41) is 8.22. The third-order valence-electron chi connectivity index (χ3n) is 3.47. The number of ether oxygens (including phenoxy) is 1. The Morgan fingerprint density at radius 2 is 2.21 bits per heavy atom. The van der Waals surface area contributed by atoms with Crippen LogP contribution in [0.1, 0.15) is 68.6 Å². The Balaban J connectivity index is 2.17. The maximum absolute atomic E-state index is 11.9. The molecule has 2 rings (SSSR count). The third kappa shape index (κ3) is 3.33. The molecule has 19 heavy (non-hydrogen) atoms. The van der Waals surface area contributed by atoms with Crippen LogP contribution in [0.4, 0.5) is 0 Å². The zero-order valence-electron chi connectivity index (χ0n) is 12.1. The van der Waals surface area contributed by atoms with E-state index in [0.717, 1.165) is 25.1 Å². The van der Waals surface area contributed by atoms with Gasteiger partial charge in [0.1, 0.15) is 0 Å². The first-order valence-corrected chi connectivity index (χ1v) is 7.27. The van der Waals surface area contributed by atoms with E-state index in [1.54, 1.807) is 0 Å². The van der Waals surface area contributed by atoms with Gasteiger partial charge in [-0.1, -0.05) is 25.5 Å². The van der Waals surface area contributed by atoms with E-state index in [9.17, 15) is 4.79 Å². The van der Waals surface area contributed by atoms with Crippen LogP contribution < -0.4 is 0 Å². The van der Waals surface area contributed by atoms with E-state index in [4.69, 9.17) is 4.74 Å². The Morgan fingerprint density at radius 1 is 1.47 bits per heavy atom. The molecule has 0 amide bonds. The van der Waals surface area contributed by atoms with Gasteiger partial charge in [-0.05, 0) is 32.1 Å². The molecule has 1 aromatic heterocycles. The molecule has 106 valence electrons. The van der Waals surface area contributed by atoms with E-state index in [0.29, 0.717) is 24.1 Å². The fourth-order valence-corrected chi connectivity index (χ4v) is 2.44. The maximum atomic E-state index is 11.9. The van der Waals surface area contributed by atoms with Crippen LogP contribution in [-0.2, 0) is 11.3 Å². The lowest BCUT2D eigenvalue weighted by Gasteiger charge is -2.12. The number of rotatable bonds is 7. The summed E-state index contributed by atoms with van der Waals surface area (Å²) < 4.78 is 6.98. The molecule has 5 nitrogen and oxygen atoms in total. The summed E-state index contributed by atoms with van der Waals surface area (Å²) in [7, 11) is 0. The van der Waals surface area contributed by atoms with Gasteiger partial charge >= 0.3 is 5.97 Å². The van der Waals surface area contributed by atoms with Gasteiger partial charge < -0.3 is 4.74 Å². The molecule has 0 aliphatic heterocycles. The molecule has 0 N–H and O–H groups in total. The van der Waals surface area contributed by atoms with Gasteiger partial charge in [-0.25, -0.2) is 9.48 Å². The number of aromatic nitrogens is 3. The summed E-state index contributed by atoms with van der Waals surface area (Å²) in [6, 6.07) is 0. The van der Waals surface area contributed by atoms with Gasteiger partial charge in [0.2, 0.25) is 0 Å². The highest BCUT2D eigenvalue weighted by Gasteiger charge is 2.34. The second-order valence-electron chi connectivity index (χ2n) is 5.39. The molecule has 0 radical (unpaired) electrons. The number of carbonyl (C=O) groups is 1. The summed E-state index contributed by atoms with van der Waals surface area (Å²) in [5.41, 5.74) is 1.41. The Morgan fingerprint density at radius 3 is 2.79 bits per heavy atom. The van der Waals surface area contributed by atoms with Crippen molar-refractivity contribution in [2.45, 2.75) is 58.9 Å². The molecule has 1 saturated carbocycles. The first kappa shape index (κ1) is 14.0. The maximum Gasteiger partial charge on any atom is 0.360 e. The van der Waals surface area contributed by atoms with Crippen LogP contribution in [0.2, 0.25) is 0 Å². The minimum atomic E-state index is -0.334. The van der Waals surface area contributed by atoms with E-state index < -0.39 is 0 Å². The molecule has 0 aromatic carbocycles. The molecular formula is C14H23N3O2. The van der Waals surface area contributed by atoms with Crippen LogP contribution >= 0.6 is 0 Å². The Hall–Kier alpha value is -1.39. The summed E-state index contributed by atoms with van der Waals surface area (Å²) in [6.07, 6.45) is 4.59. The quantitative estimate of drug-likeness (QED) is 0.711. The predicted octanol–water partition coefficient (Wildman–Crippen LogP) is 2.77. The Labute approximate surface area is 114 Å². The zero-order valence-corrected chi connectivity index (χ0v) is 12.1. The summed E-state index contributed by atoms with van der Waals surface area (Å²) in [4.78, 5) is 11.9. The van der Waals surface area contributed by atoms with Crippen LogP contribution in [-0.4, -0.2) is 27.6 Å². The van der Waals surface area contributed by atoms with E-state index in [1.807, 2.05) is 11.6 Å².